The number of nitrogens with one attached hydrogen (secondary N) is 1. The lowest BCUT2D eigenvalue weighted by molar-refractivity contribution is -0.141. The Morgan fingerprint density at radius 2 is 1.49 bits per heavy atom. The molecule has 220 valence electrons. The molecule has 0 aliphatic heterocycles. The molecule has 43 heavy (non-hydrogen) atoms. The third kappa shape index (κ3) is 8.91. The zero-order chi connectivity index (χ0) is 30.4. The van der Waals surface area contributed by atoms with Crippen molar-refractivity contribution in [2.75, 3.05) is 25.6 Å². The van der Waals surface area contributed by atoms with Crippen LogP contribution in [0, 0.1) is 0 Å². The topological polar surface area (TPSA) is 84.9 Å². The van der Waals surface area contributed by atoms with Crippen molar-refractivity contribution in [1.29, 1.82) is 0 Å². The molecule has 4 rings (SSSR count). The molecule has 0 aliphatic rings. The number of esters is 1. The van der Waals surface area contributed by atoms with Crippen LogP contribution < -0.4 is 10.1 Å². The molecule has 0 saturated heterocycles. The number of ketones is 1. The predicted molar refractivity (Wildman–Crippen MR) is 168 cm³/mol. The second kappa shape index (κ2) is 15.7. The standard InChI is InChI=1S/C36H36N2O5/c1-3-34(39)38(26-28-13-6-4-7-14-28)23-12-24-43-30-21-19-27(20-22-30)25-33(36(41)42-2)37-32-18-11-10-17-31(32)35(40)29-15-8-5-9-16-29/h3-11,13-22,33,37H,1,12,23-26H2,2H3. The SMILES string of the molecule is C=CC(=O)N(CCCOc1ccc(CC(Nc2ccccc2C(=O)c2ccccc2)C(=O)OC)cc1)Cc1ccccc1. The Balaban J connectivity index is 1.34. The Bertz CT molecular complexity index is 1500. The number of para-hydroxylation sites is 1. The van der Waals surface area contributed by atoms with E-state index in [1.54, 1.807) is 35.2 Å². The van der Waals surface area contributed by atoms with Crippen LogP contribution in [0.3, 0.4) is 0 Å². The van der Waals surface area contributed by atoms with Crippen LogP contribution in [-0.2, 0) is 27.3 Å². The number of ether oxygens (including phenoxy) is 2. The van der Waals surface area contributed by atoms with E-state index in [4.69, 9.17) is 9.47 Å². The lowest BCUT2D eigenvalue weighted by Crippen LogP contribution is -2.33. The molecule has 7 heteroatoms. The van der Waals surface area contributed by atoms with E-state index in [1.807, 2.05) is 78.9 Å². The fourth-order valence-corrected chi connectivity index (χ4v) is 4.68. The molecule has 0 aromatic heterocycles. The molecule has 7 nitrogen and oxygen atoms in total. The van der Waals surface area contributed by atoms with Gasteiger partial charge < -0.3 is 19.7 Å². The minimum Gasteiger partial charge on any atom is -0.494 e. The molecule has 1 atom stereocenters. The summed E-state index contributed by atoms with van der Waals surface area (Å²) in [4.78, 5) is 40.0. The molecule has 4 aromatic rings. The van der Waals surface area contributed by atoms with E-state index < -0.39 is 12.0 Å². The Morgan fingerprint density at radius 1 is 0.837 bits per heavy atom. The summed E-state index contributed by atoms with van der Waals surface area (Å²) >= 11 is 0. The molecule has 0 radical (unpaired) electrons. The summed E-state index contributed by atoms with van der Waals surface area (Å²) in [5.41, 5.74) is 3.55. The van der Waals surface area contributed by atoms with Gasteiger partial charge in [0.2, 0.25) is 5.91 Å². The number of carbonyl (C=O) groups excluding carboxylic acids is 3. The first kappa shape index (κ1) is 30.8. The van der Waals surface area contributed by atoms with Crippen LogP contribution >= 0.6 is 0 Å². The minimum atomic E-state index is -0.709. The van der Waals surface area contributed by atoms with Gasteiger partial charge >= 0.3 is 5.97 Å². The van der Waals surface area contributed by atoms with Crippen LogP contribution in [0.1, 0.15) is 33.5 Å². The van der Waals surface area contributed by atoms with Gasteiger partial charge in [-0.1, -0.05) is 91.5 Å². The Labute approximate surface area is 252 Å². The first-order valence-corrected chi connectivity index (χ1v) is 14.2. The van der Waals surface area contributed by atoms with Crippen LogP contribution in [0.2, 0.25) is 0 Å². The Morgan fingerprint density at radius 3 is 2.16 bits per heavy atom. The smallest absolute Gasteiger partial charge is 0.328 e. The van der Waals surface area contributed by atoms with Crippen molar-refractivity contribution in [2.45, 2.75) is 25.4 Å². The molecule has 0 saturated carbocycles. The number of methoxy groups -OCH3 is 1. The van der Waals surface area contributed by atoms with Crippen molar-refractivity contribution in [3.63, 3.8) is 0 Å². The summed E-state index contributed by atoms with van der Waals surface area (Å²) in [6.07, 6.45) is 2.33. The third-order valence-electron chi connectivity index (χ3n) is 6.93. The maximum Gasteiger partial charge on any atom is 0.328 e. The number of hydrogen-bond donors (Lipinski definition) is 1. The van der Waals surface area contributed by atoms with Crippen molar-refractivity contribution in [1.82, 2.24) is 4.90 Å². The first-order chi connectivity index (χ1) is 21.0. The fourth-order valence-electron chi connectivity index (χ4n) is 4.68. The van der Waals surface area contributed by atoms with Crippen molar-refractivity contribution in [2.24, 2.45) is 0 Å². The van der Waals surface area contributed by atoms with Gasteiger partial charge in [-0.05, 0) is 47.9 Å². The van der Waals surface area contributed by atoms with Gasteiger partial charge in [0.25, 0.3) is 0 Å². The molecule has 0 bridgehead atoms. The summed E-state index contributed by atoms with van der Waals surface area (Å²) in [7, 11) is 1.35. The molecule has 1 amide bonds. The van der Waals surface area contributed by atoms with Crippen LogP contribution in [0.4, 0.5) is 5.69 Å². The van der Waals surface area contributed by atoms with E-state index in [2.05, 4.69) is 11.9 Å². The van der Waals surface area contributed by atoms with Gasteiger partial charge in [0, 0.05) is 36.3 Å². The highest BCUT2D eigenvalue weighted by Crippen LogP contribution is 2.22. The van der Waals surface area contributed by atoms with E-state index in [1.165, 1.54) is 13.2 Å². The van der Waals surface area contributed by atoms with Gasteiger partial charge in [0.15, 0.2) is 5.78 Å². The van der Waals surface area contributed by atoms with Crippen LogP contribution in [0.25, 0.3) is 0 Å². The fraction of sp³-hybridized carbons (Fsp3) is 0.194. The largest absolute Gasteiger partial charge is 0.494 e. The van der Waals surface area contributed by atoms with Crippen molar-refractivity contribution >= 4 is 23.3 Å². The average molecular weight is 577 g/mol. The number of nitrogens with zero attached hydrogens (tertiary/aromatic N) is 1. The molecular weight excluding hydrogens is 540 g/mol. The predicted octanol–water partition coefficient (Wildman–Crippen LogP) is 6.10. The van der Waals surface area contributed by atoms with E-state index in [0.717, 1.165) is 11.1 Å². The average Bonchev–Trinajstić information content (AvgIpc) is 3.06. The quantitative estimate of drug-likeness (QED) is 0.0797. The number of amides is 1. The van der Waals surface area contributed by atoms with Gasteiger partial charge in [0.05, 0.1) is 13.7 Å². The van der Waals surface area contributed by atoms with E-state index >= 15 is 0 Å². The third-order valence-corrected chi connectivity index (χ3v) is 6.93. The first-order valence-electron chi connectivity index (χ1n) is 14.2. The molecule has 1 unspecified atom stereocenters. The summed E-state index contributed by atoms with van der Waals surface area (Å²) in [5, 5.41) is 3.23. The van der Waals surface area contributed by atoms with Gasteiger partial charge in [-0.15, -0.1) is 0 Å². The second-order valence-corrected chi connectivity index (χ2v) is 9.96. The number of hydrogen-bond acceptors (Lipinski definition) is 6. The van der Waals surface area contributed by atoms with Gasteiger partial charge in [-0.3, -0.25) is 9.59 Å². The van der Waals surface area contributed by atoms with Crippen molar-refractivity contribution < 1.29 is 23.9 Å². The molecule has 0 aliphatic carbocycles. The summed E-state index contributed by atoms with van der Waals surface area (Å²) < 4.78 is 11.0. The number of benzene rings is 4. The van der Waals surface area contributed by atoms with Crippen LogP contribution in [0.5, 0.6) is 5.75 Å². The van der Waals surface area contributed by atoms with E-state index in [0.29, 0.717) is 55.1 Å². The number of carbonyl (C=O) groups is 3. The van der Waals surface area contributed by atoms with E-state index in [9.17, 15) is 14.4 Å². The molecule has 1 N–H and O–H groups in total. The van der Waals surface area contributed by atoms with Crippen LogP contribution in [-0.4, -0.2) is 48.9 Å². The van der Waals surface area contributed by atoms with E-state index in [-0.39, 0.29) is 11.7 Å². The van der Waals surface area contributed by atoms with Gasteiger partial charge in [-0.2, -0.15) is 0 Å². The van der Waals surface area contributed by atoms with Gasteiger partial charge in [-0.25, -0.2) is 4.79 Å². The van der Waals surface area contributed by atoms with Gasteiger partial charge in [0.1, 0.15) is 11.8 Å². The number of rotatable bonds is 15. The number of anilines is 1. The lowest BCUT2D eigenvalue weighted by atomic mass is 10.00. The monoisotopic (exact) mass is 576 g/mol. The highest BCUT2D eigenvalue weighted by atomic mass is 16.5. The molecular formula is C36H36N2O5. The molecule has 0 spiro atoms. The minimum absolute atomic E-state index is 0.117. The lowest BCUT2D eigenvalue weighted by Gasteiger charge is -2.21. The summed E-state index contributed by atoms with van der Waals surface area (Å²) in [5.74, 6) is 0.00565. The molecule has 0 fully saturated rings. The van der Waals surface area contributed by atoms with Crippen molar-refractivity contribution in [3.05, 3.63) is 144 Å². The second-order valence-electron chi connectivity index (χ2n) is 9.96. The highest BCUT2D eigenvalue weighted by molar-refractivity contribution is 6.12. The zero-order valence-electron chi connectivity index (χ0n) is 24.3. The highest BCUT2D eigenvalue weighted by Gasteiger charge is 2.22. The maximum atomic E-state index is 13.2. The molecule has 4 aromatic carbocycles. The maximum absolute atomic E-state index is 13.2. The zero-order valence-corrected chi connectivity index (χ0v) is 24.3. The molecule has 0 heterocycles. The Kier molecular flexibility index (Phi) is 11.3. The summed E-state index contributed by atoms with van der Waals surface area (Å²) in [6.45, 7) is 5.11. The summed E-state index contributed by atoms with van der Waals surface area (Å²) in [6, 6.07) is 32.8. The van der Waals surface area contributed by atoms with Crippen molar-refractivity contribution in [3.8, 4) is 5.75 Å². The Hall–Kier alpha value is -5.17. The normalized spacial score (nSPS) is 11.2. The van der Waals surface area contributed by atoms with Crippen LogP contribution in [0.15, 0.2) is 122 Å².